The van der Waals surface area contributed by atoms with Crippen LogP contribution in [0.1, 0.15) is 36.0 Å². The number of ether oxygens (including phenoxy) is 1. The van der Waals surface area contributed by atoms with Crippen LogP contribution in [0.5, 0.6) is 5.75 Å². The molecule has 0 radical (unpaired) electrons. The smallest absolute Gasteiger partial charge is 0.254 e. The first-order valence-electron chi connectivity index (χ1n) is 9.24. The maximum absolute atomic E-state index is 13.2. The lowest BCUT2D eigenvalue weighted by molar-refractivity contribution is 0.0358. The summed E-state index contributed by atoms with van der Waals surface area (Å²) in [4.78, 5) is 22.6. The van der Waals surface area contributed by atoms with E-state index in [1.54, 1.807) is 12.4 Å². The van der Waals surface area contributed by atoms with E-state index in [9.17, 15) is 4.79 Å². The van der Waals surface area contributed by atoms with Crippen LogP contribution < -0.4 is 4.74 Å². The maximum atomic E-state index is 13.2. The fourth-order valence-corrected chi connectivity index (χ4v) is 4.50. The number of aromatic amines is 1. The Hall–Kier alpha value is -2.82. The summed E-state index contributed by atoms with van der Waals surface area (Å²) in [6.07, 6.45) is 9.49. The Balaban J connectivity index is 1.34. The van der Waals surface area contributed by atoms with Crippen molar-refractivity contribution in [3.05, 3.63) is 60.6 Å². The van der Waals surface area contributed by atoms with Gasteiger partial charge in [-0.2, -0.15) is 0 Å². The second kappa shape index (κ2) is 6.16. The number of nitrogens with zero attached hydrogens (tertiary/aromatic N) is 2. The van der Waals surface area contributed by atoms with Gasteiger partial charge in [-0.05, 0) is 49.2 Å². The van der Waals surface area contributed by atoms with Crippen LogP contribution in [0.2, 0.25) is 0 Å². The van der Waals surface area contributed by atoms with Gasteiger partial charge < -0.3 is 14.6 Å². The summed E-state index contributed by atoms with van der Waals surface area (Å²) in [5, 5.41) is 1.08. The summed E-state index contributed by atoms with van der Waals surface area (Å²) in [6.45, 7) is 0. The molecule has 0 saturated carbocycles. The lowest BCUT2D eigenvalue weighted by Crippen LogP contribution is -2.49. The van der Waals surface area contributed by atoms with Crippen molar-refractivity contribution < 1.29 is 9.53 Å². The van der Waals surface area contributed by atoms with E-state index >= 15 is 0 Å². The molecule has 2 bridgehead atoms. The minimum absolute atomic E-state index is 0.153. The van der Waals surface area contributed by atoms with Crippen LogP contribution in [0.3, 0.4) is 0 Å². The van der Waals surface area contributed by atoms with Crippen LogP contribution in [0, 0.1) is 0 Å². The molecule has 2 saturated heterocycles. The van der Waals surface area contributed by atoms with Gasteiger partial charge >= 0.3 is 0 Å². The van der Waals surface area contributed by atoms with Crippen molar-refractivity contribution in [2.24, 2.45) is 0 Å². The van der Waals surface area contributed by atoms with Crippen molar-refractivity contribution in [1.29, 1.82) is 0 Å². The zero-order chi connectivity index (χ0) is 17.5. The van der Waals surface area contributed by atoms with Crippen molar-refractivity contribution in [2.75, 3.05) is 0 Å². The largest absolute Gasteiger partial charge is 0.489 e. The van der Waals surface area contributed by atoms with Crippen LogP contribution in [0.4, 0.5) is 0 Å². The number of carbonyl (C=O) groups is 1. The molecule has 5 nitrogen and oxygen atoms in total. The van der Waals surface area contributed by atoms with Crippen LogP contribution in [-0.4, -0.2) is 39.0 Å². The van der Waals surface area contributed by atoms with Crippen LogP contribution >= 0.6 is 0 Å². The molecule has 2 fully saturated rings. The van der Waals surface area contributed by atoms with Gasteiger partial charge in [-0.3, -0.25) is 9.78 Å². The topological polar surface area (TPSA) is 58.2 Å². The van der Waals surface area contributed by atoms with Crippen LogP contribution in [0.25, 0.3) is 10.9 Å². The second-order valence-electron chi connectivity index (χ2n) is 7.28. The molecule has 2 aliphatic heterocycles. The number of benzene rings is 1. The van der Waals surface area contributed by atoms with Gasteiger partial charge in [-0.15, -0.1) is 0 Å². The van der Waals surface area contributed by atoms with Gasteiger partial charge in [0.05, 0.1) is 6.20 Å². The number of fused-ring (bicyclic) bond motifs is 3. The number of H-pyrrole nitrogens is 1. The third-order valence-corrected chi connectivity index (χ3v) is 5.66. The lowest BCUT2D eigenvalue weighted by atomic mass is 9.98. The average Bonchev–Trinajstić information content (AvgIpc) is 3.24. The van der Waals surface area contributed by atoms with Gasteiger partial charge in [-0.25, -0.2) is 0 Å². The summed E-state index contributed by atoms with van der Waals surface area (Å²) >= 11 is 0. The van der Waals surface area contributed by atoms with Crippen molar-refractivity contribution in [2.45, 2.75) is 43.9 Å². The number of hydrogen-bond donors (Lipinski definition) is 1. The molecule has 2 atom stereocenters. The zero-order valence-corrected chi connectivity index (χ0v) is 14.5. The lowest BCUT2D eigenvalue weighted by Gasteiger charge is -2.39. The highest BCUT2D eigenvalue weighted by Gasteiger charge is 2.44. The van der Waals surface area contributed by atoms with Gasteiger partial charge in [-0.1, -0.05) is 0 Å². The zero-order valence-electron chi connectivity index (χ0n) is 14.5. The average molecular weight is 347 g/mol. The summed E-state index contributed by atoms with van der Waals surface area (Å²) in [6, 6.07) is 12.3. The molecule has 2 unspecified atom stereocenters. The molecule has 1 amide bonds. The molecule has 2 aromatic heterocycles. The Kier molecular flexibility index (Phi) is 3.66. The Bertz CT molecular complexity index is 923. The fourth-order valence-electron chi connectivity index (χ4n) is 4.50. The normalized spacial score (nSPS) is 24.8. The maximum Gasteiger partial charge on any atom is 0.254 e. The van der Waals surface area contributed by atoms with E-state index in [1.807, 2.05) is 42.6 Å². The molecule has 3 aromatic rings. The van der Waals surface area contributed by atoms with E-state index in [0.717, 1.165) is 47.9 Å². The predicted molar refractivity (Wildman–Crippen MR) is 99.2 cm³/mol. The van der Waals surface area contributed by atoms with Crippen molar-refractivity contribution in [3.8, 4) is 5.75 Å². The number of piperidine rings is 1. The highest BCUT2D eigenvalue weighted by molar-refractivity contribution is 5.98. The molecular formula is C21H21N3O2. The molecule has 1 N–H and O–H groups in total. The highest BCUT2D eigenvalue weighted by atomic mass is 16.5. The third kappa shape index (κ3) is 2.64. The van der Waals surface area contributed by atoms with Crippen LogP contribution in [0.15, 0.2) is 55.0 Å². The molecule has 1 aromatic carbocycles. The first-order chi connectivity index (χ1) is 12.8. The number of carbonyl (C=O) groups excluding carboxylic acids is 1. The highest BCUT2D eigenvalue weighted by Crippen LogP contribution is 2.38. The molecule has 0 aliphatic carbocycles. The number of aromatic nitrogens is 2. The van der Waals surface area contributed by atoms with Crippen LogP contribution in [-0.2, 0) is 0 Å². The number of pyridine rings is 1. The molecular weight excluding hydrogens is 326 g/mol. The minimum atomic E-state index is 0.153. The van der Waals surface area contributed by atoms with Gasteiger partial charge in [0.25, 0.3) is 5.91 Å². The second-order valence-corrected chi connectivity index (χ2v) is 7.28. The minimum Gasteiger partial charge on any atom is -0.489 e. The van der Waals surface area contributed by atoms with Gasteiger partial charge in [0, 0.05) is 53.8 Å². The van der Waals surface area contributed by atoms with E-state index in [2.05, 4.69) is 14.9 Å². The molecule has 2 aliphatic rings. The van der Waals surface area contributed by atoms with E-state index in [0.29, 0.717) is 0 Å². The van der Waals surface area contributed by atoms with Crippen molar-refractivity contribution >= 4 is 16.8 Å². The summed E-state index contributed by atoms with van der Waals surface area (Å²) in [5.41, 5.74) is 1.84. The van der Waals surface area contributed by atoms with Gasteiger partial charge in [0.15, 0.2) is 0 Å². The quantitative estimate of drug-likeness (QED) is 0.784. The Morgan fingerprint density at radius 1 is 1.15 bits per heavy atom. The molecule has 132 valence electrons. The Labute approximate surface area is 152 Å². The fraction of sp³-hybridized carbons (Fsp3) is 0.333. The van der Waals surface area contributed by atoms with E-state index in [4.69, 9.17) is 4.74 Å². The predicted octanol–water partition coefficient (Wildman–Crippen LogP) is 3.78. The monoisotopic (exact) mass is 347 g/mol. The number of rotatable bonds is 3. The van der Waals surface area contributed by atoms with Gasteiger partial charge in [0.1, 0.15) is 11.9 Å². The molecule has 5 heteroatoms. The standard InChI is InChI=1S/C21H21N3O2/c25-21(15-3-6-20-14(10-15)7-9-23-20)24-16-4-5-17(24)12-19(11-16)26-18-2-1-8-22-13-18/h1-3,6-10,13,16-17,19,23H,4-5,11-12H2. The molecule has 5 rings (SSSR count). The summed E-state index contributed by atoms with van der Waals surface area (Å²) in [5.74, 6) is 0.968. The van der Waals surface area contributed by atoms with Crippen molar-refractivity contribution in [3.63, 3.8) is 0 Å². The Morgan fingerprint density at radius 3 is 2.77 bits per heavy atom. The Morgan fingerprint density at radius 2 is 2.00 bits per heavy atom. The number of hydrogen-bond acceptors (Lipinski definition) is 3. The summed E-state index contributed by atoms with van der Waals surface area (Å²) in [7, 11) is 0. The number of amides is 1. The van der Waals surface area contributed by atoms with E-state index in [1.165, 1.54) is 0 Å². The molecule has 26 heavy (non-hydrogen) atoms. The first kappa shape index (κ1) is 15.4. The summed E-state index contributed by atoms with van der Waals surface area (Å²) < 4.78 is 6.11. The first-order valence-corrected chi connectivity index (χ1v) is 9.24. The third-order valence-electron chi connectivity index (χ3n) is 5.66. The van der Waals surface area contributed by atoms with Crippen molar-refractivity contribution in [1.82, 2.24) is 14.9 Å². The molecule has 4 heterocycles. The molecule has 0 spiro atoms. The van der Waals surface area contributed by atoms with E-state index in [-0.39, 0.29) is 24.1 Å². The SMILES string of the molecule is O=C(c1ccc2[nH]ccc2c1)N1C2CCC1CC(Oc1cccnc1)C2. The number of nitrogens with one attached hydrogen (secondary N) is 1. The van der Waals surface area contributed by atoms with E-state index < -0.39 is 0 Å². The van der Waals surface area contributed by atoms with Gasteiger partial charge in [0.2, 0.25) is 0 Å².